The van der Waals surface area contributed by atoms with Gasteiger partial charge in [-0.15, -0.1) is 0 Å². The Hall–Kier alpha value is -1.12. The van der Waals surface area contributed by atoms with E-state index >= 15 is 0 Å². The highest BCUT2D eigenvalue weighted by atomic mass is 16.2. The predicted octanol–water partition coefficient (Wildman–Crippen LogP) is 2.49. The number of carbonyl (C=O) groups is 1. The Morgan fingerprint density at radius 2 is 2.14 bits per heavy atom. The Balaban J connectivity index is 1.87. The standard InChI is InChI=1S/C11H16N2O/c14-11(13-7-6-12-9-13)8-10-4-2-1-3-5-10/h6-7,9-10H,1-5,8H2. The number of imidazole rings is 1. The minimum atomic E-state index is 0.189. The lowest BCUT2D eigenvalue weighted by Crippen LogP contribution is -2.16. The topological polar surface area (TPSA) is 34.9 Å². The van der Waals surface area contributed by atoms with E-state index in [1.165, 1.54) is 32.1 Å². The molecule has 0 aromatic carbocycles. The lowest BCUT2D eigenvalue weighted by Gasteiger charge is -2.20. The molecule has 3 nitrogen and oxygen atoms in total. The normalized spacial score (nSPS) is 18.3. The minimum Gasteiger partial charge on any atom is -0.276 e. The smallest absolute Gasteiger partial charge is 0.232 e. The molecule has 3 heteroatoms. The van der Waals surface area contributed by atoms with Crippen LogP contribution in [0.2, 0.25) is 0 Å². The van der Waals surface area contributed by atoms with Crippen molar-refractivity contribution in [2.45, 2.75) is 38.5 Å². The molecule has 1 saturated carbocycles. The maximum atomic E-state index is 11.7. The lowest BCUT2D eigenvalue weighted by atomic mass is 9.87. The van der Waals surface area contributed by atoms with Gasteiger partial charge in [-0.25, -0.2) is 4.98 Å². The van der Waals surface area contributed by atoms with Crippen LogP contribution < -0.4 is 0 Å². The Bertz CT molecular complexity index is 286. The summed E-state index contributed by atoms with van der Waals surface area (Å²) in [5.41, 5.74) is 0. The van der Waals surface area contributed by atoms with E-state index in [2.05, 4.69) is 4.98 Å². The molecule has 1 aliphatic rings. The lowest BCUT2D eigenvalue weighted by molar-refractivity contribution is 0.0868. The van der Waals surface area contributed by atoms with Crippen LogP contribution in [0.15, 0.2) is 18.7 Å². The summed E-state index contributed by atoms with van der Waals surface area (Å²) in [4.78, 5) is 15.6. The Labute approximate surface area is 84.1 Å². The molecule has 1 fully saturated rings. The number of rotatable bonds is 2. The third-order valence-electron chi connectivity index (χ3n) is 2.98. The minimum absolute atomic E-state index is 0.189. The number of hydrogen-bond donors (Lipinski definition) is 0. The highest BCUT2D eigenvalue weighted by molar-refractivity contribution is 5.78. The molecule has 0 radical (unpaired) electrons. The van der Waals surface area contributed by atoms with Crippen LogP contribution in [-0.2, 0) is 0 Å². The molecule has 0 saturated heterocycles. The summed E-state index contributed by atoms with van der Waals surface area (Å²) in [7, 11) is 0. The fraction of sp³-hybridized carbons (Fsp3) is 0.636. The summed E-state index contributed by atoms with van der Waals surface area (Å²) < 4.78 is 1.59. The number of carbonyl (C=O) groups excluding carboxylic acids is 1. The average Bonchev–Trinajstić information content (AvgIpc) is 2.72. The second-order valence-corrected chi connectivity index (χ2v) is 4.07. The summed E-state index contributed by atoms with van der Waals surface area (Å²) in [6.45, 7) is 0. The van der Waals surface area contributed by atoms with Gasteiger partial charge in [-0.3, -0.25) is 9.36 Å². The quantitative estimate of drug-likeness (QED) is 0.721. The van der Waals surface area contributed by atoms with E-state index in [9.17, 15) is 4.79 Å². The van der Waals surface area contributed by atoms with Crippen LogP contribution in [0.3, 0.4) is 0 Å². The molecular formula is C11H16N2O. The highest BCUT2D eigenvalue weighted by Crippen LogP contribution is 2.26. The van der Waals surface area contributed by atoms with Crippen molar-refractivity contribution >= 4 is 5.91 Å². The van der Waals surface area contributed by atoms with Crippen molar-refractivity contribution in [3.8, 4) is 0 Å². The van der Waals surface area contributed by atoms with Crippen LogP contribution in [0.5, 0.6) is 0 Å². The van der Waals surface area contributed by atoms with E-state index in [-0.39, 0.29) is 5.91 Å². The van der Waals surface area contributed by atoms with Crippen LogP contribution in [-0.4, -0.2) is 15.5 Å². The van der Waals surface area contributed by atoms with Crippen molar-refractivity contribution < 1.29 is 4.79 Å². The molecular weight excluding hydrogens is 176 g/mol. The zero-order valence-corrected chi connectivity index (χ0v) is 8.35. The van der Waals surface area contributed by atoms with Crippen molar-refractivity contribution in [1.29, 1.82) is 0 Å². The van der Waals surface area contributed by atoms with Crippen molar-refractivity contribution in [2.75, 3.05) is 0 Å². The molecule has 14 heavy (non-hydrogen) atoms. The molecule has 1 aromatic rings. The fourth-order valence-electron chi connectivity index (χ4n) is 2.15. The van der Waals surface area contributed by atoms with Gasteiger partial charge in [0.15, 0.2) is 0 Å². The molecule has 1 aliphatic carbocycles. The second kappa shape index (κ2) is 4.40. The van der Waals surface area contributed by atoms with E-state index in [4.69, 9.17) is 0 Å². The van der Waals surface area contributed by atoms with Crippen LogP contribution in [0.4, 0.5) is 0 Å². The van der Waals surface area contributed by atoms with Gasteiger partial charge in [0.25, 0.3) is 0 Å². The van der Waals surface area contributed by atoms with Gasteiger partial charge >= 0.3 is 0 Å². The molecule has 0 spiro atoms. The molecule has 0 amide bonds. The molecule has 2 rings (SSSR count). The van der Waals surface area contributed by atoms with Gasteiger partial charge in [0, 0.05) is 18.8 Å². The summed E-state index contributed by atoms with van der Waals surface area (Å²) in [6.07, 6.45) is 12.0. The molecule has 1 aromatic heterocycles. The monoisotopic (exact) mass is 192 g/mol. The van der Waals surface area contributed by atoms with Gasteiger partial charge in [0.1, 0.15) is 6.33 Å². The Morgan fingerprint density at radius 1 is 1.36 bits per heavy atom. The summed E-state index contributed by atoms with van der Waals surface area (Å²) in [6, 6.07) is 0. The van der Waals surface area contributed by atoms with Crippen LogP contribution >= 0.6 is 0 Å². The molecule has 0 atom stereocenters. The Morgan fingerprint density at radius 3 is 2.79 bits per heavy atom. The molecule has 1 heterocycles. The van der Waals surface area contributed by atoms with Gasteiger partial charge in [-0.1, -0.05) is 19.3 Å². The van der Waals surface area contributed by atoms with Crippen LogP contribution in [0.1, 0.15) is 43.3 Å². The van der Waals surface area contributed by atoms with Gasteiger partial charge in [0.05, 0.1) is 0 Å². The summed E-state index contributed by atoms with van der Waals surface area (Å²) >= 11 is 0. The van der Waals surface area contributed by atoms with Crippen LogP contribution in [0.25, 0.3) is 0 Å². The molecule has 76 valence electrons. The van der Waals surface area contributed by atoms with Crippen molar-refractivity contribution in [3.63, 3.8) is 0 Å². The van der Waals surface area contributed by atoms with E-state index in [1.807, 2.05) is 0 Å². The maximum absolute atomic E-state index is 11.7. The van der Waals surface area contributed by atoms with E-state index < -0.39 is 0 Å². The first-order chi connectivity index (χ1) is 6.86. The van der Waals surface area contributed by atoms with E-state index in [0.717, 1.165) is 0 Å². The first-order valence-corrected chi connectivity index (χ1v) is 5.37. The zero-order chi connectivity index (χ0) is 9.80. The van der Waals surface area contributed by atoms with E-state index in [0.29, 0.717) is 12.3 Å². The highest BCUT2D eigenvalue weighted by Gasteiger charge is 2.17. The summed E-state index contributed by atoms with van der Waals surface area (Å²) in [5, 5.41) is 0. The SMILES string of the molecule is O=C(CC1CCCCC1)n1ccnc1. The van der Waals surface area contributed by atoms with Crippen molar-refractivity contribution in [1.82, 2.24) is 9.55 Å². The van der Waals surface area contributed by atoms with Crippen molar-refractivity contribution in [3.05, 3.63) is 18.7 Å². The van der Waals surface area contributed by atoms with E-state index in [1.54, 1.807) is 23.3 Å². The Kier molecular flexibility index (Phi) is 2.96. The number of nitrogens with zero attached hydrogens (tertiary/aromatic N) is 2. The van der Waals surface area contributed by atoms with Gasteiger partial charge in [-0.2, -0.15) is 0 Å². The van der Waals surface area contributed by atoms with Gasteiger partial charge in [0.2, 0.25) is 5.91 Å². The third kappa shape index (κ3) is 2.22. The number of hydrogen-bond acceptors (Lipinski definition) is 2. The predicted molar refractivity (Wildman–Crippen MR) is 54.0 cm³/mol. The second-order valence-electron chi connectivity index (χ2n) is 4.07. The largest absolute Gasteiger partial charge is 0.276 e. The first kappa shape index (κ1) is 9.44. The maximum Gasteiger partial charge on any atom is 0.232 e. The summed E-state index contributed by atoms with van der Waals surface area (Å²) in [5.74, 6) is 0.799. The average molecular weight is 192 g/mol. The fourth-order valence-corrected chi connectivity index (χ4v) is 2.15. The van der Waals surface area contributed by atoms with Gasteiger partial charge in [-0.05, 0) is 18.8 Å². The van der Waals surface area contributed by atoms with Gasteiger partial charge < -0.3 is 0 Å². The molecule has 0 N–H and O–H groups in total. The zero-order valence-electron chi connectivity index (χ0n) is 8.35. The third-order valence-corrected chi connectivity index (χ3v) is 2.98. The molecule has 0 bridgehead atoms. The molecule has 0 unspecified atom stereocenters. The number of aromatic nitrogens is 2. The first-order valence-electron chi connectivity index (χ1n) is 5.37. The van der Waals surface area contributed by atoms with Crippen LogP contribution in [0, 0.1) is 5.92 Å². The molecule has 0 aliphatic heterocycles. The van der Waals surface area contributed by atoms with Crippen molar-refractivity contribution in [2.24, 2.45) is 5.92 Å².